The fourth-order valence-electron chi connectivity index (χ4n) is 5.82. The molecule has 0 aliphatic heterocycles. The van der Waals surface area contributed by atoms with Gasteiger partial charge in [-0.05, 0) is 83.3 Å². The number of phenols is 1. The number of hydrogen-bond donors (Lipinski definition) is 2. The molecule has 0 radical (unpaired) electrons. The Morgan fingerprint density at radius 3 is 2.88 bits per heavy atom. The third-order valence-corrected chi connectivity index (χ3v) is 7.18. The summed E-state index contributed by atoms with van der Waals surface area (Å²) >= 11 is 2.21. The second-order valence-corrected chi connectivity index (χ2v) is 8.43. The van der Waals surface area contributed by atoms with E-state index in [1.165, 1.54) is 11.1 Å². The maximum absolute atomic E-state index is 11.1. The van der Waals surface area contributed by atoms with Crippen LogP contribution in [-0.2, 0) is 11.2 Å². The van der Waals surface area contributed by atoms with Gasteiger partial charge in [-0.15, -0.1) is 0 Å². The molecule has 1 aromatic carbocycles. The predicted molar refractivity (Wildman–Crippen MR) is 102 cm³/mol. The van der Waals surface area contributed by atoms with Crippen molar-refractivity contribution >= 4 is 22.6 Å². The van der Waals surface area contributed by atoms with Gasteiger partial charge < -0.3 is 14.9 Å². The first-order valence-electron chi connectivity index (χ1n) is 8.92. The summed E-state index contributed by atoms with van der Waals surface area (Å²) in [5.74, 6) is 2.19. The standard InChI is InChI=1S/C20H25IO3/c1-24-18-11-17-15(6-7-20(17,23)8-9-21)16-4-2-12-10-13(22)3-5-14(12)19(16)18/h3,5,8-10,15-19,22-23H,2,4,6-7,11H2,1H3/b9-8-/t15?,16?,17?,18-,19?,20+/m0/s1/i21-4. The molecule has 4 heteroatoms. The van der Waals surface area contributed by atoms with Gasteiger partial charge >= 0.3 is 0 Å². The van der Waals surface area contributed by atoms with Crippen LogP contribution in [-0.4, -0.2) is 29.0 Å². The number of phenolic OH excluding ortho intramolecular Hbond substituents is 1. The van der Waals surface area contributed by atoms with Gasteiger partial charge in [0.15, 0.2) is 0 Å². The van der Waals surface area contributed by atoms with Gasteiger partial charge in [0.25, 0.3) is 0 Å². The minimum Gasteiger partial charge on any atom is -0.508 e. The van der Waals surface area contributed by atoms with E-state index >= 15 is 0 Å². The summed E-state index contributed by atoms with van der Waals surface area (Å²) in [6, 6.07) is 5.83. The number of methoxy groups -OCH3 is 1. The highest BCUT2D eigenvalue weighted by atomic mass is 123. The van der Waals surface area contributed by atoms with Crippen molar-refractivity contribution in [2.24, 2.45) is 17.8 Å². The number of fused-ring (bicyclic) bond motifs is 5. The largest absolute Gasteiger partial charge is 0.508 e. The first-order chi connectivity index (χ1) is 11.6. The van der Waals surface area contributed by atoms with Crippen molar-refractivity contribution in [3.8, 4) is 5.75 Å². The number of ether oxygens (including phenoxy) is 1. The molecule has 0 saturated heterocycles. The third-order valence-electron chi connectivity index (χ3n) is 6.82. The Morgan fingerprint density at radius 2 is 2.12 bits per heavy atom. The van der Waals surface area contributed by atoms with Crippen LogP contribution in [0.5, 0.6) is 5.75 Å². The van der Waals surface area contributed by atoms with E-state index < -0.39 is 5.60 Å². The maximum Gasteiger partial charge on any atom is 0.115 e. The predicted octanol–water partition coefficient (Wildman–Crippen LogP) is 4.16. The molecular weight excluding hydrogens is 411 g/mol. The summed E-state index contributed by atoms with van der Waals surface area (Å²) in [4.78, 5) is 0. The molecular formula is C20H25IO3. The molecule has 4 rings (SSSR count). The van der Waals surface area contributed by atoms with E-state index in [2.05, 4.69) is 28.7 Å². The highest BCUT2D eigenvalue weighted by Gasteiger charge is 2.56. The van der Waals surface area contributed by atoms with Crippen LogP contribution in [0.3, 0.4) is 0 Å². The lowest BCUT2D eigenvalue weighted by atomic mass is 9.58. The lowest BCUT2D eigenvalue weighted by molar-refractivity contribution is -0.0650. The number of rotatable bonds is 2. The molecule has 3 nitrogen and oxygen atoms in total. The van der Waals surface area contributed by atoms with Gasteiger partial charge in [0.05, 0.1) is 11.7 Å². The Kier molecular flexibility index (Phi) is 4.42. The monoisotopic (exact) mass is 436 g/mol. The molecule has 4 unspecified atom stereocenters. The Hall–Kier alpha value is -0.590. The number of aromatic hydroxyl groups is 1. The summed E-state index contributed by atoms with van der Waals surface area (Å²) in [6.45, 7) is 0. The van der Waals surface area contributed by atoms with Gasteiger partial charge in [-0.3, -0.25) is 0 Å². The highest BCUT2D eigenvalue weighted by Crippen LogP contribution is 2.59. The van der Waals surface area contributed by atoms with E-state index in [0.717, 1.165) is 32.1 Å². The van der Waals surface area contributed by atoms with Crippen LogP contribution in [0.1, 0.15) is 42.7 Å². The van der Waals surface area contributed by atoms with Crippen molar-refractivity contribution in [2.75, 3.05) is 7.11 Å². The van der Waals surface area contributed by atoms with E-state index in [1.54, 1.807) is 7.11 Å². The van der Waals surface area contributed by atoms with E-state index in [1.807, 2.05) is 22.3 Å². The molecule has 6 atom stereocenters. The van der Waals surface area contributed by atoms with Crippen LogP contribution in [0.25, 0.3) is 0 Å². The van der Waals surface area contributed by atoms with Crippen molar-refractivity contribution in [3.05, 3.63) is 39.5 Å². The fourth-order valence-corrected chi connectivity index (χ4v) is 6.45. The van der Waals surface area contributed by atoms with Crippen molar-refractivity contribution < 1.29 is 14.9 Å². The lowest BCUT2D eigenvalue weighted by Gasteiger charge is -2.49. The molecule has 0 spiro atoms. The molecule has 0 heterocycles. The first-order valence-corrected chi connectivity index (χ1v) is 10.2. The lowest BCUT2D eigenvalue weighted by Crippen LogP contribution is -2.48. The van der Waals surface area contributed by atoms with Crippen molar-refractivity contribution in [2.45, 2.75) is 49.7 Å². The maximum atomic E-state index is 11.1. The minimum atomic E-state index is -0.664. The molecule has 2 N–H and O–H groups in total. The van der Waals surface area contributed by atoms with Crippen LogP contribution >= 0.6 is 22.6 Å². The number of aryl methyl sites for hydroxylation is 1. The topological polar surface area (TPSA) is 49.7 Å². The number of halogens is 1. The Bertz CT molecular complexity index is 658. The summed E-state index contributed by atoms with van der Waals surface area (Å²) < 4.78 is 7.89. The third kappa shape index (κ3) is 2.53. The van der Waals surface area contributed by atoms with Crippen LogP contribution in [0.4, 0.5) is 0 Å². The van der Waals surface area contributed by atoms with E-state index in [-0.39, 0.29) is 6.10 Å². The smallest absolute Gasteiger partial charge is 0.115 e. The van der Waals surface area contributed by atoms with E-state index in [0.29, 0.717) is 29.4 Å². The molecule has 24 heavy (non-hydrogen) atoms. The normalized spacial score (nSPS) is 41.0. The molecule has 3 aliphatic carbocycles. The highest BCUT2D eigenvalue weighted by molar-refractivity contribution is 14.1. The van der Waals surface area contributed by atoms with Crippen molar-refractivity contribution in [1.29, 1.82) is 0 Å². The molecule has 0 bridgehead atoms. The Morgan fingerprint density at radius 1 is 1.29 bits per heavy atom. The number of aliphatic hydroxyl groups is 1. The Labute approximate surface area is 157 Å². The van der Waals surface area contributed by atoms with Crippen molar-refractivity contribution in [3.63, 3.8) is 0 Å². The zero-order valence-corrected chi connectivity index (χ0v) is 16.1. The summed E-state index contributed by atoms with van der Waals surface area (Å²) in [7, 11) is 1.80. The molecule has 3 aliphatic rings. The zero-order valence-electron chi connectivity index (χ0n) is 14.0. The van der Waals surface area contributed by atoms with Gasteiger partial charge in [0.1, 0.15) is 5.75 Å². The zero-order chi connectivity index (χ0) is 16.9. The van der Waals surface area contributed by atoms with E-state index in [4.69, 9.17) is 4.74 Å². The van der Waals surface area contributed by atoms with Gasteiger partial charge in [0.2, 0.25) is 0 Å². The number of benzene rings is 1. The summed E-state index contributed by atoms with van der Waals surface area (Å²) in [5.41, 5.74) is 1.97. The minimum absolute atomic E-state index is 0.145. The second-order valence-electron chi connectivity index (χ2n) is 7.71. The van der Waals surface area contributed by atoms with Crippen LogP contribution in [0, 0.1) is 17.8 Å². The van der Waals surface area contributed by atoms with Gasteiger partial charge in [-0.2, -0.15) is 0 Å². The molecule has 130 valence electrons. The van der Waals surface area contributed by atoms with Crippen LogP contribution in [0.15, 0.2) is 28.4 Å². The molecule has 2 saturated carbocycles. The van der Waals surface area contributed by atoms with Gasteiger partial charge in [-0.25, -0.2) is 0 Å². The van der Waals surface area contributed by atoms with Gasteiger partial charge in [0, 0.05) is 13.0 Å². The SMILES string of the molecule is CO[C@H]1CC2C(CC[C@@]2(O)/C=C\[123I])C2CCc3cc(O)ccc3C21. The second kappa shape index (κ2) is 6.29. The quantitative estimate of drug-likeness (QED) is 0.685. The Balaban J connectivity index is 1.72. The fraction of sp³-hybridized carbons (Fsp3) is 0.600. The van der Waals surface area contributed by atoms with Crippen LogP contribution in [0.2, 0.25) is 0 Å². The van der Waals surface area contributed by atoms with Crippen LogP contribution < -0.4 is 0 Å². The molecule has 1 aromatic rings. The average molecular weight is 436 g/mol. The van der Waals surface area contributed by atoms with Gasteiger partial charge in [-0.1, -0.05) is 28.7 Å². The molecule has 0 aromatic heterocycles. The molecule has 2 fully saturated rings. The number of hydrogen-bond acceptors (Lipinski definition) is 3. The summed E-state index contributed by atoms with van der Waals surface area (Å²) in [6.07, 6.45) is 7.18. The summed E-state index contributed by atoms with van der Waals surface area (Å²) in [5, 5.41) is 21.0. The van der Waals surface area contributed by atoms with E-state index in [9.17, 15) is 10.2 Å². The molecule has 0 amide bonds. The van der Waals surface area contributed by atoms with Crippen molar-refractivity contribution in [1.82, 2.24) is 0 Å². The first kappa shape index (κ1) is 16.9. The average Bonchev–Trinajstić information content (AvgIpc) is 2.90.